The molecule has 0 atom stereocenters. The zero-order valence-electron chi connectivity index (χ0n) is 21.2. The second kappa shape index (κ2) is 10.6. The number of hydrogen-bond acceptors (Lipinski definition) is 8. The highest BCUT2D eigenvalue weighted by atomic mass is 19.1. The van der Waals surface area contributed by atoms with Gasteiger partial charge in [0.15, 0.2) is 17.4 Å². The van der Waals surface area contributed by atoms with E-state index < -0.39 is 17.7 Å². The Morgan fingerprint density at radius 3 is 2.71 bits per heavy atom. The van der Waals surface area contributed by atoms with Crippen molar-refractivity contribution in [1.29, 1.82) is 0 Å². The first-order valence-corrected chi connectivity index (χ1v) is 12.5. The highest BCUT2D eigenvalue weighted by Gasteiger charge is 2.26. The summed E-state index contributed by atoms with van der Waals surface area (Å²) in [6.45, 7) is 7.11. The summed E-state index contributed by atoms with van der Waals surface area (Å²) < 4.78 is 35.4. The zero-order valence-corrected chi connectivity index (χ0v) is 21.2. The molecule has 4 heterocycles. The monoisotopic (exact) mass is 525 g/mol. The van der Waals surface area contributed by atoms with Gasteiger partial charge in [0.2, 0.25) is 5.95 Å². The van der Waals surface area contributed by atoms with E-state index in [-0.39, 0.29) is 29.0 Å². The van der Waals surface area contributed by atoms with E-state index in [0.717, 1.165) is 11.9 Å². The van der Waals surface area contributed by atoms with Crippen molar-refractivity contribution in [3.63, 3.8) is 0 Å². The summed E-state index contributed by atoms with van der Waals surface area (Å²) in [5.74, 6) is -0.562. The second-order valence-electron chi connectivity index (χ2n) is 9.47. The molecule has 2 aromatic heterocycles. The lowest BCUT2D eigenvalue weighted by atomic mass is 10.1. The van der Waals surface area contributed by atoms with E-state index in [0.29, 0.717) is 57.3 Å². The fourth-order valence-corrected chi connectivity index (χ4v) is 4.77. The molecular weight excluding hydrogens is 496 g/mol. The van der Waals surface area contributed by atoms with Crippen LogP contribution in [0.3, 0.4) is 0 Å². The lowest BCUT2D eigenvalue weighted by Gasteiger charge is -2.34. The van der Waals surface area contributed by atoms with Gasteiger partial charge in [-0.15, -0.1) is 0 Å². The van der Waals surface area contributed by atoms with Gasteiger partial charge < -0.3 is 29.9 Å². The van der Waals surface area contributed by atoms with E-state index in [9.17, 15) is 18.7 Å². The summed E-state index contributed by atoms with van der Waals surface area (Å²) in [6, 6.07) is 6.66. The molecule has 3 aromatic rings. The molecule has 1 aromatic carbocycles. The molecule has 1 saturated heterocycles. The molecule has 0 radical (unpaired) electrons. The van der Waals surface area contributed by atoms with E-state index in [2.05, 4.69) is 25.2 Å². The quantitative estimate of drug-likeness (QED) is 0.503. The molecule has 1 fully saturated rings. The molecule has 12 heteroatoms. The van der Waals surface area contributed by atoms with Crippen LogP contribution in [0.1, 0.15) is 20.3 Å². The van der Waals surface area contributed by atoms with E-state index in [1.165, 1.54) is 11.0 Å². The number of amides is 1. The van der Waals surface area contributed by atoms with Crippen molar-refractivity contribution >= 4 is 29.2 Å². The fourth-order valence-electron chi connectivity index (χ4n) is 4.77. The SMILES string of the molecule is CC(C)N1CCOc2c(F)cc(-c3nc(Nc4cc(N5CCCN(C(=O)O)CC5)ccn4)ncc3F)cc21. The van der Waals surface area contributed by atoms with E-state index in [4.69, 9.17) is 4.74 Å². The van der Waals surface area contributed by atoms with E-state index >= 15 is 0 Å². The Hall–Kier alpha value is -4.22. The van der Waals surface area contributed by atoms with Gasteiger partial charge in [0.25, 0.3) is 0 Å². The first-order chi connectivity index (χ1) is 18.3. The summed E-state index contributed by atoms with van der Waals surface area (Å²) in [6.07, 6.45) is 2.45. The standard InChI is InChI=1S/C26H29F2N7O3/c1-16(2)35-10-11-38-24-19(27)12-17(13-21(24)35)23-20(28)15-30-25(32-23)31-22-14-18(4-5-29-22)33-6-3-7-34(9-8-33)26(36)37/h4-5,12-16H,3,6-11H2,1-2H3,(H,36,37)(H,29,30,31,32). The Bertz CT molecular complexity index is 1340. The minimum absolute atomic E-state index is 0.0454. The molecule has 38 heavy (non-hydrogen) atoms. The molecular formula is C26H29F2N7O3. The maximum atomic E-state index is 15.0. The maximum absolute atomic E-state index is 15.0. The first-order valence-electron chi connectivity index (χ1n) is 12.5. The molecule has 2 N–H and O–H groups in total. The predicted molar refractivity (Wildman–Crippen MR) is 139 cm³/mol. The van der Waals surface area contributed by atoms with Gasteiger partial charge in [-0.05, 0) is 38.5 Å². The number of carboxylic acid groups (broad SMARTS) is 1. The summed E-state index contributed by atoms with van der Waals surface area (Å²) in [4.78, 5) is 29.5. The molecule has 5 rings (SSSR count). The predicted octanol–water partition coefficient (Wildman–Crippen LogP) is 4.36. The molecule has 0 unspecified atom stereocenters. The number of benzene rings is 1. The number of hydrogen-bond donors (Lipinski definition) is 2. The Kier molecular flexibility index (Phi) is 7.12. The third-order valence-electron chi connectivity index (χ3n) is 6.67. The average Bonchev–Trinajstić information content (AvgIpc) is 3.16. The average molecular weight is 526 g/mol. The van der Waals surface area contributed by atoms with Crippen molar-refractivity contribution < 1.29 is 23.4 Å². The number of rotatable bonds is 5. The Morgan fingerprint density at radius 1 is 1.08 bits per heavy atom. The summed E-state index contributed by atoms with van der Waals surface area (Å²) in [5.41, 5.74) is 1.65. The van der Waals surface area contributed by atoms with Crippen molar-refractivity contribution in [2.75, 3.05) is 54.4 Å². The molecule has 0 spiro atoms. The van der Waals surface area contributed by atoms with Crippen molar-refractivity contribution in [2.24, 2.45) is 0 Å². The number of carbonyl (C=O) groups is 1. The molecule has 0 saturated carbocycles. The molecule has 0 bridgehead atoms. The van der Waals surface area contributed by atoms with Crippen LogP contribution in [0.4, 0.5) is 36.7 Å². The zero-order chi connectivity index (χ0) is 26.8. The van der Waals surface area contributed by atoms with Crippen LogP contribution in [0.2, 0.25) is 0 Å². The van der Waals surface area contributed by atoms with Gasteiger partial charge in [-0.2, -0.15) is 0 Å². The smallest absolute Gasteiger partial charge is 0.407 e. The van der Waals surface area contributed by atoms with Gasteiger partial charge in [0, 0.05) is 55.7 Å². The Morgan fingerprint density at radius 2 is 1.92 bits per heavy atom. The largest absolute Gasteiger partial charge is 0.486 e. The topological polar surface area (TPSA) is 107 Å². The van der Waals surface area contributed by atoms with Crippen LogP contribution in [-0.2, 0) is 0 Å². The third kappa shape index (κ3) is 5.24. The Labute approximate surface area is 218 Å². The maximum Gasteiger partial charge on any atom is 0.407 e. The number of aromatic nitrogens is 3. The van der Waals surface area contributed by atoms with Crippen LogP contribution in [0.5, 0.6) is 5.75 Å². The number of nitrogens with one attached hydrogen (secondary N) is 1. The number of pyridine rings is 1. The van der Waals surface area contributed by atoms with E-state index in [1.54, 1.807) is 18.3 Å². The molecule has 2 aliphatic rings. The minimum Gasteiger partial charge on any atom is -0.486 e. The number of ether oxygens (including phenoxy) is 1. The van der Waals surface area contributed by atoms with Crippen molar-refractivity contribution in [1.82, 2.24) is 19.9 Å². The lowest BCUT2D eigenvalue weighted by molar-refractivity contribution is 0.148. The van der Waals surface area contributed by atoms with Crippen LogP contribution in [0, 0.1) is 11.6 Å². The molecule has 0 aliphatic carbocycles. The highest BCUT2D eigenvalue weighted by Crippen LogP contribution is 2.39. The minimum atomic E-state index is -0.920. The summed E-state index contributed by atoms with van der Waals surface area (Å²) in [7, 11) is 0. The highest BCUT2D eigenvalue weighted by molar-refractivity contribution is 5.73. The van der Waals surface area contributed by atoms with Gasteiger partial charge in [-0.3, -0.25) is 0 Å². The number of halogens is 2. The number of anilines is 4. The molecule has 2 aliphatic heterocycles. The molecule has 1 amide bonds. The van der Waals surface area contributed by atoms with Crippen LogP contribution in [0.15, 0.2) is 36.7 Å². The van der Waals surface area contributed by atoms with Gasteiger partial charge >= 0.3 is 6.09 Å². The van der Waals surface area contributed by atoms with Crippen molar-refractivity contribution in [2.45, 2.75) is 26.3 Å². The molecule has 10 nitrogen and oxygen atoms in total. The fraction of sp³-hybridized carbons (Fsp3) is 0.385. The number of nitrogens with zero attached hydrogens (tertiary/aromatic N) is 6. The van der Waals surface area contributed by atoms with Crippen LogP contribution in [0.25, 0.3) is 11.3 Å². The summed E-state index contributed by atoms with van der Waals surface area (Å²) >= 11 is 0. The molecule has 200 valence electrons. The van der Waals surface area contributed by atoms with Gasteiger partial charge in [-0.25, -0.2) is 28.5 Å². The third-order valence-corrected chi connectivity index (χ3v) is 6.67. The van der Waals surface area contributed by atoms with Gasteiger partial charge in [0.05, 0.1) is 18.4 Å². The second-order valence-corrected chi connectivity index (χ2v) is 9.47. The van der Waals surface area contributed by atoms with Crippen molar-refractivity contribution in [3.05, 3.63) is 48.3 Å². The van der Waals surface area contributed by atoms with Crippen LogP contribution >= 0.6 is 0 Å². The van der Waals surface area contributed by atoms with Crippen LogP contribution in [-0.4, -0.2) is 76.4 Å². The lowest BCUT2D eigenvalue weighted by Crippen LogP contribution is -2.38. The Balaban J connectivity index is 1.40. The normalized spacial score (nSPS) is 15.7. The van der Waals surface area contributed by atoms with E-state index in [1.807, 2.05) is 24.8 Å². The number of fused-ring (bicyclic) bond motifs is 1. The van der Waals surface area contributed by atoms with Crippen LogP contribution < -0.4 is 19.9 Å². The summed E-state index contributed by atoms with van der Waals surface area (Å²) in [5, 5.41) is 12.3. The first kappa shape index (κ1) is 25.4. The van der Waals surface area contributed by atoms with Crippen molar-refractivity contribution in [3.8, 4) is 17.0 Å². The van der Waals surface area contributed by atoms with Gasteiger partial charge in [-0.1, -0.05) is 0 Å². The van der Waals surface area contributed by atoms with Gasteiger partial charge in [0.1, 0.15) is 18.1 Å².